The van der Waals surface area contributed by atoms with Gasteiger partial charge >= 0.3 is 0 Å². The second kappa shape index (κ2) is 9.60. The van der Waals surface area contributed by atoms with Crippen LogP contribution in [0.5, 0.6) is 0 Å². The summed E-state index contributed by atoms with van der Waals surface area (Å²) in [6.45, 7) is 3.85. The molecule has 27 heavy (non-hydrogen) atoms. The number of aryl methyl sites for hydroxylation is 1. The lowest BCUT2D eigenvalue weighted by Gasteiger charge is -2.32. The second-order valence-electron chi connectivity index (χ2n) is 6.27. The first-order chi connectivity index (χ1) is 12.9. The summed E-state index contributed by atoms with van der Waals surface area (Å²) in [5.74, 6) is -0.229. The summed E-state index contributed by atoms with van der Waals surface area (Å²) in [7, 11) is 1.49. The average Bonchev–Trinajstić information content (AvgIpc) is 2.68. The Bertz CT molecular complexity index is 806. The Kier molecular flexibility index (Phi) is 7.47. The highest BCUT2D eigenvalue weighted by Gasteiger charge is 2.35. The third-order valence-electron chi connectivity index (χ3n) is 4.31. The number of hydroxylamine groups is 2. The van der Waals surface area contributed by atoms with Gasteiger partial charge in [0, 0.05) is 7.05 Å². The summed E-state index contributed by atoms with van der Waals surface area (Å²) in [6, 6.07) is 17.0. The highest BCUT2D eigenvalue weighted by Crippen LogP contribution is 2.29. The molecule has 0 heterocycles. The van der Waals surface area contributed by atoms with Crippen molar-refractivity contribution in [3.05, 3.63) is 77.9 Å². The summed E-state index contributed by atoms with van der Waals surface area (Å²) in [5.41, 5.74) is 1.01. The molecule has 6 heteroatoms. The first-order valence-corrected chi connectivity index (χ1v) is 9.83. The summed E-state index contributed by atoms with van der Waals surface area (Å²) in [5, 5.41) is 1.18. The number of benzene rings is 2. The van der Waals surface area contributed by atoms with Crippen LogP contribution >= 0.6 is 0 Å². The van der Waals surface area contributed by atoms with E-state index in [-0.39, 0.29) is 12.3 Å². The van der Waals surface area contributed by atoms with E-state index in [1.165, 1.54) is 12.2 Å². The molecule has 0 spiro atoms. The number of nitrogens with zero attached hydrogens (tertiary/aromatic N) is 1. The molecule has 0 aliphatic heterocycles. The van der Waals surface area contributed by atoms with Crippen LogP contribution in [0.4, 0.5) is 0 Å². The summed E-state index contributed by atoms with van der Waals surface area (Å²) < 4.78 is 16.2. The molecule has 5 nitrogen and oxygen atoms in total. The van der Waals surface area contributed by atoms with Gasteiger partial charge in [0.1, 0.15) is 11.0 Å². The van der Waals surface area contributed by atoms with Crippen molar-refractivity contribution in [3.8, 4) is 0 Å². The van der Waals surface area contributed by atoms with Crippen molar-refractivity contribution < 1.29 is 13.8 Å². The molecule has 0 bridgehead atoms. The molecular formula is C21H26N2O3S. The molecule has 0 saturated carbocycles. The van der Waals surface area contributed by atoms with Crippen molar-refractivity contribution in [2.75, 3.05) is 14.2 Å². The minimum Gasteiger partial charge on any atom is -0.275 e. The number of nitrogens with one attached hydrogen (secondary N) is 1. The molecule has 2 aromatic carbocycles. The Labute approximate surface area is 163 Å². The lowest BCUT2D eigenvalue weighted by Crippen LogP contribution is -2.45. The molecule has 144 valence electrons. The summed E-state index contributed by atoms with van der Waals surface area (Å²) in [6.07, 6.45) is 3.78. The monoisotopic (exact) mass is 386 g/mol. The Balaban J connectivity index is 2.45. The first kappa shape index (κ1) is 21.0. The molecule has 2 aromatic rings. The van der Waals surface area contributed by atoms with Gasteiger partial charge in [0.2, 0.25) is 5.91 Å². The number of carbonyl (C=O) groups excluding carboxylic acids is 1. The van der Waals surface area contributed by atoms with E-state index in [4.69, 9.17) is 4.84 Å². The maximum atomic E-state index is 13.1. The number of allylic oxidation sites excluding steroid dienone is 1. The van der Waals surface area contributed by atoms with Crippen LogP contribution < -0.4 is 4.72 Å². The van der Waals surface area contributed by atoms with E-state index in [0.29, 0.717) is 4.90 Å². The minimum atomic E-state index is -1.51. The van der Waals surface area contributed by atoms with Gasteiger partial charge in [0.15, 0.2) is 0 Å². The number of carbonyl (C=O) groups is 1. The highest BCUT2D eigenvalue weighted by molar-refractivity contribution is 7.83. The van der Waals surface area contributed by atoms with E-state index in [2.05, 4.69) is 4.72 Å². The molecule has 0 aliphatic carbocycles. The zero-order chi connectivity index (χ0) is 19.9. The van der Waals surface area contributed by atoms with Crippen molar-refractivity contribution in [1.82, 2.24) is 9.79 Å². The van der Waals surface area contributed by atoms with Gasteiger partial charge in [-0.05, 0) is 31.5 Å². The fourth-order valence-electron chi connectivity index (χ4n) is 2.74. The fraction of sp³-hybridized carbons (Fsp3) is 0.286. The minimum absolute atomic E-state index is 0.0588. The van der Waals surface area contributed by atoms with E-state index in [1.807, 2.05) is 80.6 Å². The van der Waals surface area contributed by atoms with Gasteiger partial charge in [-0.2, -0.15) is 0 Å². The van der Waals surface area contributed by atoms with Gasteiger partial charge in [0.25, 0.3) is 0 Å². The normalized spacial score (nSPS) is 14.7. The maximum absolute atomic E-state index is 13.1. The van der Waals surface area contributed by atoms with Gasteiger partial charge < -0.3 is 0 Å². The lowest BCUT2D eigenvalue weighted by molar-refractivity contribution is -0.169. The third-order valence-corrected chi connectivity index (χ3v) is 5.56. The van der Waals surface area contributed by atoms with Crippen LogP contribution in [-0.4, -0.2) is 29.3 Å². The van der Waals surface area contributed by atoms with Crippen LogP contribution in [0.25, 0.3) is 0 Å². The topological polar surface area (TPSA) is 58.6 Å². The van der Waals surface area contributed by atoms with Crippen LogP contribution in [0.15, 0.2) is 71.6 Å². The molecule has 0 saturated heterocycles. The van der Waals surface area contributed by atoms with Gasteiger partial charge in [-0.3, -0.25) is 9.63 Å². The van der Waals surface area contributed by atoms with E-state index in [1.54, 1.807) is 7.05 Å². The van der Waals surface area contributed by atoms with Gasteiger partial charge in [-0.15, -0.1) is 0 Å². The molecule has 0 aliphatic rings. The predicted octanol–water partition coefficient (Wildman–Crippen LogP) is 3.49. The van der Waals surface area contributed by atoms with Crippen LogP contribution in [0, 0.1) is 6.92 Å². The molecule has 1 N–H and O–H groups in total. The molecular weight excluding hydrogens is 360 g/mol. The largest absolute Gasteiger partial charge is 0.275 e. The molecule has 0 fully saturated rings. The molecule has 2 rings (SSSR count). The zero-order valence-electron chi connectivity index (χ0n) is 16.1. The summed E-state index contributed by atoms with van der Waals surface area (Å²) >= 11 is 0. The lowest BCUT2D eigenvalue weighted by atomic mass is 9.87. The quantitative estimate of drug-likeness (QED) is 0.558. The van der Waals surface area contributed by atoms with Gasteiger partial charge in [0.05, 0.1) is 24.0 Å². The average molecular weight is 387 g/mol. The van der Waals surface area contributed by atoms with Crippen molar-refractivity contribution in [3.63, 3.8) is 0 Å². The van der Waals surface area contributed by atoms with Crippen molar-refractivity contribution in [1.29, 1.82) is 0 Å². The SMILES string of the molecule is C/C=C/[C@@](CC(=O)N(C)OC)(NS(=O)c1ccc(C)cc1)c1ccccc1. The third kappa shape index (κ3) is 5.35. The Morgan fingerprint density at radius 1 is 1.19 bits per heavy atom. The van der Waals surface area contributed by atoms with Crippen molar-refractivity contribution in [2.45, 2.75) is 30.7 Å². The van der Waals surface area contributed by atoms with Crippen LogP contribution in [0.1, 0.15) is 24.5 Å². The summed E-state index contributed by atoms with van der Waals surface area (Å²) in [4.78, 5) is 18.3. The maximum Gasteiger partial charge on any atom is 0.248 e. The fourth-order valence-corrected chi connectivity index (χ4v) is 3.83. The van der Waals surface area contributed by atoms with E-state index in [9.17, 15) is 9.00 Å². The van der Waals surface area contributed by atoms with Gasteiger partial charge in [-0.25, -0.2) is 14.0 Å². The second-order valence-corrected chi connectivity index (χ2v) is 7.48. The first-order valence-electron chi connectivity index (χ1n) is 8.68. The Morgan fingerprint density at radius 2 is 1.81 bits per heavy atom. The zero-order valence-corrected chi connectivity index (χ0v) is 17.0. The standard InChI is InChI=1S/C21H26N2O3S/c1-5-15-21(16-20(24)23(3)26-4,18-9-7-6-8-10-18)22-27(25)19-13-11-17(2)12-14-19/h5-15,22H,16H2,1-4H3/b15-5+/t21-,27?/m0/s1. The van der Waals surface area contributed by atoms with E-state index >= 15 is 0 Å². The number of hydrogen-bond acceptors (Lipinski definition) is 3. The predicted molar refractivity (Wildman–Crippen MR) is 108 cm³/mol. The van der Waals surface area contributed by atoms with E-state index < -0.39 is 16.5 Å². The smallest absolute Gasteiger partial charge is 0.248 e. The van der Waals surface area contributed by atoms with Crippen LogP contribution in [-0.2, 0) is 26.2 Å². The highest BCUT2D eigenvalue weighted by atomic mass is 32.2. The Morgan fingerprint density at radius 3 is 2.37 bits per heavy atom. The molecule has 2 atom stereocenters. The van der Waals surface area contributed by atoms with Crippen molar-refractivity contribution in [2.24, 2.45) is 0 Å². The van der Waals surface area contributed by atoms with Crippen LogP contribution in [0.2, 0.25) is 0 Å². The van der Waals surface area contributed by atoms with E-state index in [0.717, 1.165) is 11.1 Å². The molecule has 1 unspecified atom stereocenters. The number of hydrogen-bond donors (Lipinski definition) is 1. The molecule has 0 aromatic heterocycles. The molecule has 0 radical (unpaired) electrons. The molecule has 1 amide bonds. The van der Waals surface area contributed by atoms with Crippen LogP contribution in [0.3, 0.4) is 0 Å². The Hall–Kier alpha value is -2.28. The number of amides is 1. The van der Waals surface area contributed by atoms with Crippen molar-refractivity contribution >= 4 is 16.9 Å². The number of rotatable bonds is 8. The van der Waals surface area contributed by atoms with Gasteiger partial charge in [-0.1, -0.05) is 60.2 Å².